The average Bonchev–Trinajstić information content (AvgIpc) is 2.84. The minimum atomic E-state index is -0.260. The lowest BCUT2D eigenvalue weighted by Gasteiger charge is -2.02. The largest absolute Gasteiger partial charge is 0.296 e. The lowest BCUT2D eigenvalue weighted by atomic mass is 10.2. The zero-order chi connectivity index (χ0) is 13.7. The van der Waals surface area contributed by atoms with Crippen LogP contribution >= 0.6 is 22.9 Å². The molecule has 1 aromatic carbocycles. The van der Waals surface area contributed by atoms with Crippen molar-refractivity contribution < 1.29 is 4.79 Å². The molecular weight excluding hydrogens is 282 g/mol. The summed E-state index contributed by atoms with van der Waals surface area (Å²) < 4.78 is 0. The SMILES string of the molecule is CCCCc1nnc(NC(=O)c2ccccc2Cl)s1. The van der Waals surface area contributed by atoms with Crippen LogP contribution in [0.2, 0.25) is 5.02 Å². The van der Waals surface area contributed by atoms with Crippen molar-refractivity contribution in [1.29, 1.82) is 0 Å². The van der Waals surface area contributed by atoms with E-state index in [9.17, 15) is 4.79 Å². The van der Waals surface area contributed by atoms with E-state index in [1.165, 1.54) is 11.3 Å². The fraction of sp³-hybridized carbons (Fsp3) is 0.308. The van der Waals surface area contributed by atoms with Gasteiger partial charge in [0.1, 0.15) is 5.01 Å². The molecule has 6 heteroatoms. The molecule has 0 bridgehead atoms. The summed E-state index contributed by atoms with van der Waals surface area (Å²) >= 11 is 7.37. The van der Waals surface area contributed by atoms with E-state index in [1.54, 1.807) is 24.3 Å². The van der Waals surface area contributed by atoms with Gasteiger partial charge in [-0.2, -0.15) is 0 Å². The Morgan fingerprint density at radius 3 is 2.89 bits per heavy atom. The molecule has 1 amide bonds. The number of amides is 1. The summed E-state index contributed by atoms with van der Waals surface area (Å²) in [5.41, 5.74) is 0.439. The number of carbonyl (C=O) groups excluding carboxylic acids is 1. The van der Waals surface area contributed by atoms with Crippen LogP contribution in [0.5, 0.6) is 0 Å². The Kier molecular flexibility index (Phi) is 4.87. The predicted octanol–water partition coefficient (Wildman–Crippen LogP) is 3.79. The van der Waals surface area contributed by atoms with E-state index in [-0.39, 0.29) is 5.91 Å². The van der Waals surface area contributed by atoms with Gasteiger partial charge in [-0.1, -0.05) is 48.4 Å². The number of unbranched alkanes of at least 4 members (excludes halogenated alkanes) is 1. The third-order valence-electron chi connectivity index (χ3n) is 2.55. The highest BCUT2D eigenvalue weighted by atomic mass is 35.5. The Labute approximate surface area is 120 Å². The van der Waals surface area contributed by atoms with Crippen LogP contribution in [-0.4, -0.2) is 16.1 Å². The van der Waals surface area contributed by atoms with Gasteiger partial charge in [0.05, 0.1) is 10.6 Å². The number of aryl methyl sites for hydroxylation is 1. The average molecular weight is 296 g/mol. The Balaban J connectivity index is 2.03. The monoisotopic (exact) mass is 295 g/mol. The summed E-state index contributed by atoms with van der Waals surface area (Å²) in [7, 11) is 0. The summed E-state index contributed by atoms with van der Waals surface area (Å²) in [6.45, 7) is 2.13. The van der Waals surface area contributed by atoms with E-state index >= 15 is 0 Å². The molecule has 0 spiro atoms. The highest BCUT2D eigenvalue weighted by Gasteiger charge is 2.12. The van der Waals surface area contributed by atoms with E-state index in [0.717, 1.165) is 24.3 Å². The van der Waals surface area contributed by atoms with E-state index in [1.807, 2.05) is 0 Å². The molecule has 0 aliphatic rings. The molecule has 4 nitrogen and oxygen atoms in total. The van der Waals surface area contributed by atoms with Crippen LogP contribution in [0.3, 0.4) is 0 Å². The zero-order valence-corrected chi connectivity index (χ0v) is 12.1. The summed E-state index contributed by atoms with van der Waals surface area (Å²) in [5, 5.41) is 12.6. The lowest BCUT2D eigenvalue weighted by Crippen LogP contribution is -2.12. The highest BCUT2D eigenvalue weighted by molar-refractivity contribution is 7.15. The number of anilines is 1. The normalized spacial score (nSPS) is 10.4. The standard InChI is InChI=1S/C13H14ClN3OS/c1-2-3-8-11-16-17-13(19-11)15-12(18)9-6-4-5-7-10(9)14/h4-7H,2-3,8H2,1H3,(H,15,17,18). The van der Waals surface area contributed by atoms with Gasteiger partial charge in [0.2, 0.25) is 5.13 Å². The zero-order valence-electron chi connectivity index (χ0n) is 10.5. The van der Waals surface area contributed by atoms with Gasteiger partial charge in [-0.05, 0) is 18.6 Å². The van der Waals surface area contributed by atoms with Crippen LogP contribution in [0.15, 0.2) is 24.3 Å². The molecule has 0 aliphatic carbocycles. The molecule has 1 heterocycles. The first-order valence-electron chi connectivity index (χ1n) is 6.09. The smallest absolute Gasteiger partial charge is 0.259 e. The number of halogens is 1. The lowest BCUT2D eigenvalue weighted by molar-refractivity contribution is 0.102. The van der Waals surface area contributed by atoms with E-state index in [4.69, 9.17) is 11.6 Å². The van der Waals surface area contributed by atoms with E-state index in [0.29, 0.717) is 15.7 Å². The van der Waals surface area contributed by atoms with Gasteiger partial charge in [-0.15, -0.1) is 10.2 Å². The Hall–Kier alpha value is -1.46. The summed E-state index contributed by atoms with van der Waals surface area (Å²) in [6, 6.07) is 6.92. The van der Waals surface area contributed by atoms with Gasteiger partial charge < -0.3 is 0 Å². The molecule has 2 rings (SSSR count). The molecule has 0 aliphatic heterocycles. The number of carbonyl (C=O) groups is 1. The molecule has 0 saturated heterocycles. The van der Waals surface area contributed by atoms with Crippen molar-refractivity contribution in [3.8, 4) is 0 Å². The molecule has 0 fully saturated rings. The van der Waals surface area contributed by atoms with Crippen molar-refractivity contribution in [3.63, 3.8) is 0 Å². The minimum Gasteiger partial charge on any atom is -0.296 e. The number of nitrogens with zero attached hydrogens (tertiary/aromatic N) is 2. The molecular formula is C13H14ClN3OS. The predicted molar refractivity (Wildman–Crippen MR) is 77.9 cm³/mol. The van der Waals surface area contributed by atoms with Crippen LogP contribution in [0.1, 0.15) is 35.1 Å². The molecule has 19 heavy (non-hydrogen) atoms. The van der Waals surface area contributed by atoms with Gasteiger partial charge in [0, 0.05) is 6.42 Å². The van der Waals surface area contributed by atoms with Crippen LogP contribution in [0.4, 0.5) is 5.13 Å². The van der Waals surface area contributed by atoms with E-state index in [2.05, 4.69) is 22.4 Å². The van der Waals surface area contributed by atoms with Crippen molar-refractivity contribution in [3.05, 3.63) is 39.9 Å². The van der Waals surface area contributed by atoms with Crippen molar-refractivity contribution >= 4 is 34.0 Å². The molecule has 2 aromatic rings. The molecule has 1 N–H and O–H groups in total. The first-order chi connectivity index (χ1) is 9.20. The molecule has 0 saturated carbocycles. The second-order valence-electron chi connectivity index (χ2n) is 4.04. The van der Waals surface area contributed by atoms with Gasteiger partial charge in [-0.3, -0.25) is 10.1 Å². The Morgan fingerprint density at radius 1 is 1.37 bits per heavy atom. The number of hydrogen-bond donors (Lipinski definition) is 1. The van der Waals surface area contributed by atoms with E-state index < -0.39 is 0 Å². The Morgan fingerprint density at radius 2 is 2.16 bits per heavy atom. The van der Waals surface area contributed by atoms with Crippen LogP contribution in [-0.2, 0) is 6.42 Å². The van der Waals surface area contributed by atoms with Crippen LogP contribution in [0.25, 0.3) is 0 Å². The maximum Gasteiger partial charge on any atom is 0.259 e. The Bertz CT molecular complexity index is 571. The summed E-state index contributed by atoms with van der Waals surface area (Å²) in [4.78, 5) is 12.0. The second kappa shape index (κ2) is 6.63. The fourth-order valence-corrected chi connectivity index (χ4v) is 2.54. The van der Waals surface area contributed by atoms with Gasteiger partial charge in [0.15, 0.2) is 0 Å². The van der Waals surface area contributed by atoms with Gasteiger partial charge >= 0.3 is 0 Å². The maximum absolute atomic E-state index is 12.0. The fourth-order valence-electron chi connectivity index (χ4n) is 1.54. The van der Waals surface area contributed by atoms with Crippen molar-refractivity contribution in [2.24, 2.45) is 0 Å². The van der Waals surface area contributed by atoms with Crippen LogP contribution < -0.4 is 5.32 Å². The van der Waals surface area contributed by atoms with Gasteiger partial charge in [0.25, 0.3) is 5.91 Å². The minimum absolute atomic E-state index is 0.260. The number of nitrogens with one attached hydrogen (secondary N) is 1. The first kappa shape index (κ1) is 14.0. The van der Waals surface area contributed by atoms with Gasteiger partial charge in [-0.25, -0.2) is 0 Å². The second-order valence-corrected chi connectivity index (χ2v) is 5.51. The summed E-state index contributed by atoms with van der Waals surface area (Å²) in [6.07, 6.45) is 3.09. The molecule has 100 valence electrons. The van der Waals surface area contributed by atoms with Crippen molar-refractivity contribution in [2.45, 2.75) is 26.2 Å². The van der Waals surface area contributed by atoms with Crippen molar-refractivity contribution in [1.82, 2.24) is 10.2 Å². The third-order valence-corrected chi connectivity index (χ3v) is 3.78. The molecule has 1 aromatic heterocycles. The quantitative estimate of drug-likeness (QED) is 0.913. The molecule has 0 unspecified atom stereocenters. The number of hydrogen-bond acceptors (Lipinski definition) is 4. The highest BCUT2D eigenvalue weighted by Crippen LogP contribution is 2.20. The number of rotatable bonds is 5. The first-order valence-corrected chi connectivity index (χ1v) is 7.28. The van der Waals surface area contributed by atoms with Crippen molar-refractivity contribution in [2.75, 3.05) is 5.32 Å². The third kappa shape index (κ3) is 3.75. The molecule has 0 atom stereocenters. The topological polar surface area (TPSA) is 54.9 Å². The number of aromatic nitrogens is 2. The number of benzene rings is 1. The molecule has 0 radical (unpaired) electrons. The van der Waals surface area contributed by atoms with Crippen LogP contribution in [0, 0.1) is 0 Å². The summed E-state index contributed by atoms with van der Waals surface area (Å²) in [5.74, 6) is -0.260. The maximum atomic E-state index is 12.0.